The summed E-state index contributed by atoms with van der Waals surface area (Å²) in [6.45, 7) is 10.7. The van der Waals surface area contributed by atoms with Gasteiger partial charge in [-0.15, -0.1) is 0 Å². The molecule has 160 valence electrons. The van der Waals surface area contributed by atoms with Crippen LogP contribution in [0.25, 0.3) is 17.0 Å². The molecule has 1 N–H and O–H groups in total. The monoisotopic (exact) mass is 416 g/mol. The van der Waals surface area contributed by atoms with Crippen LogP contribution in [-0.4, -0.2) is 29.4 Å². The van der Waals surface area contributed by atoms with Gasteiger partial charge in [-0.05, 0) is 68.3 Å². The van der Waals surface area contributed by atoms with Gasteiger partial charge in [0, 0.05) is 11.1 Å². The molecule has 1 aromatic heterocycles. The number of ether oxygens (including phenoxy) is 2. The van der Waals surface area contributed by atoms with Crippen LogP contribution in [0, 0.1) is 0 Å². The Balaban J connectivity index is 1.75. The van der Waals surface area contributed by atoms with Crippen molar-refractivity contribution in [2.24, 2.45) is 5.10 Å². The zero-order valence-corrected chi connectivity index (χ0v) is 18.5. The molecule has 0 unspecified atom stereocenters. The van der Waals surface area contributed by atoms with Crippen LogP contribution in [0.15, 0.2) is 66.5 Å². The van der Waals surface area contributed by atoms with Gasteiger partial charge in [-0.1, -0.05) is 13.5 Å². The minimum absolute atomic E-state index is 0.568. The van der Waals surface area contributed by atoms with Gasteiger partial charge in [0.25, 0.3) is 0 Å². The zero-order chi connectivity index (χ0) is 22.2. The molecule has 3 aromatic rings. The first-order chi connectivity index (χ1) is 15.0. The van der Waals surface area contributed by atoms with Crippen molar-refractivity contribution in [2.45, 2.75) is 27.2 Å². The molecule has 1 heterocycles. The SMILES string of the molecule is C=C(N/N=C(\C)c1cc(CC)cc(OC)c1)c1cncc(-c2ccc(OCC)cc2)n1. The molecule has 0 fully saturated rings. The average Bonchev–Trinajstić information content (AvgIpc) is 2.82. The Labute approximate surface area is 183 Å². The zero-order valence-electron chi connectivity index (χ0n) is 18.5. The predicted molar refractivity (Wildman–Crippen MR) is 125 cm³/mol. The number of hydrogen-bond acceptors (Lipinski definition) is 6. The van der Waals surface area contributed by atoms with E-state index >= 15 is 0 Å². The van der Waals surface area contributed by atoms with Crippen LogP contribution >= 0.6 is 0 Å². The molecule has 0 aliphatic carbocycles. The van der Waals surface area contributed by atoms with Crippen LogP contribution in [-0.2, 0) is 6.42 Å². The van der Waals surface area contributed by atoms with Crippen molar-refractivity contribution in [3.8, 4) is 22.8 Å². The molecule has 0 saturated heterocycles. The molecular formula is C25H28N4O2. The van der Waals surface area contributed by atoms with Gasteiger partial charge >= 0.3 is 0 Å². The number of methoxy groups -OCH3 is 1. The lowest BCUT2D eigenvalue weighted by molar-refractivity contribution is 0.340. The maximum absolute atomic E-state index is 5.50. The number of nitrogens with one attached hydrogen (secondary N) is 1. The molecule has 6 nitrogen and oxygen atoms in total. The molecule has 2 aromatic carbocycles. The smallest absolute Gasteiger partial charge is 0.119 e. The number of hydrogen-bond donors (Lipinski definition) is 1. The van der Waals surface area contributed by atoms with E-state index in [1.54, 1.807) is 19.5 Å². The van der Waals surface area contributed by atoms with Crippen molar-refractivity contribution < 1.29 is 9.47 Å². The van der Waals surface area contributed by atoms with Crippen molar-refractivity contribution in [2.75, 3.05) is 13.7 Å². The average molecular weight is 417 g/mol. The van der Waals surface area contributed by atoms with Crippen LogP contribution in [0.2, 0.25) is 0 Å². The van der Waals surface area contributed by atoms with Crippen LogP contribution < -0.4 is 14.9 Å². The third-order valence-corrected chi connectivity index (χ3v) is 4.79. The highest BCUT2D eigenvalue weighted by Crippen LogP contribution is 2.22. The van der Waals surface area contributed by atoms with E-state index in [1.165, 1.54) is 5.56 Å². The van der Waals surface area contributed by atoms with Crippen molar-refractivity contribution in [3.63, 3.8) is 0 Å². The Kier molecular flexibility index (Phi) is 7.38. The number of aromatic nitrogens is 2. The summed E-state index contributed by atoms with van der Waals surface area (Å²) < 4.78 is 10.9. The van der Waals surface area contributed by atoms with E-state index in [0.29, 0.717) is 18.0 Å². The standard InChI is InChI=1S/C25H28N4O2/c1-6-19-12-21(14-23(13-19)30-5)17(3)28-29-18(4)24-15-26-16-25(27-24)20-8-10-22(11-9-20)31-7-2/h8-16,29H,4,6-7H2,1-3,5H3/b28-17+. The Hall–Kier alpha value is -3.67. The summed E-state index contributed by atoms with van der Waals surface area (Å²) in [5.41, 5.74) is 8.92. The minimum Gasteiger partial charge on any atom is -0.497 e. The largest absolute Gasteiger partial charge is 0.497 e. The molecular weight excluding hydrogens is 388 g/mol. The molecule has 6 heteroatoms. The molecule has 0 bridgehead atoms. The molecule has 3 rings (SSSR count). The van der Waals surface area contributed by atoms with Gasteiger partial charge in [0.1, 0.15) is 17.2 Å². The Morgan fingerprint density at radius 3 is 2.52 bits per heavy atom. The third-order valence-electron chi connectivity index (χ3n) is 4.79. The number of hydrazone groups is 1. The second kappa shape index (κ2) is 10.4. The molecule has 0 atom stereocenters. The highest BCUT2D eigenvalue weighted by molar-refractivity contribution is 5.99. The Bertz CT molecular complexity index is 1050. The van der Waals surface area contributed by atoms with Crippen LogP contribution in [0.1, 0.15) is 37.6 Å². The number of nitrogens with zero attached hydrogens (tertiary/aromatic N) is 3. The van der Waals surface area contributed by atoms with Gasteiger partial charge in [-0.25, -0.2) is 4.98 Å². The van der Waals surface area contributed by atoms with Crippen molar-refractivity contribution in [1.29, 1.82) is 0 Å². The summed E-state index contributed by atoms with van der Waals surface area (Å²) in [7, 11) is 1.67. The van der Waals surface area contributed by atoms with E-state index < -0.39 is 0 Å². The lowest BCUT2D eigenvalue weighted by Crippen LogP contribution is -2.10. The fraction of sp³-hybridized carbons (Fsp3) is 0.240. The Morgan fingerprint density at radius 2 is 1.84 bits per heavy atom. The molecule has 0 spiro atoms. The van der Waals surface area contributed by atoms with Gasteiger partial charge in [0.2, 0.25) is 0 Å². The minimum atomic E-state index is 0.568. The highest BCUT2D eigenvalue weighted by Gasteiger charge is 2.07. The first-order valence-electron chi connectivity index (χ1n) is 10.3. The second-order valence-electron chi connectivity index (χ2n) is 6.96. The normalized spacial score (nSPS) is 11.2. The second-order valence-corrected chi connectivity index (χ2v) is 6.96. The maximum atomic E-state index is 5.50. The van der Waals surface area contributed by atoms with Crippen LogP contribution in [0.5, 0.6) is 11.5 Å². The fourth-order valence-electron chi connectivity index (χ4n) is 3.00. The van der Waals surface area contributed by atoms with Gasteiger partial charge in [0.15, 0.2) is 0 Å². The van der Waals surface area contributed by atoms with E-state index in [2.05, 4.69) is 40.1 Å². The first kappa shape index (κ1) is 22.0. The van der Waals surface area contributed by atoms with E-state index in [4.69, 9.17) is 9.47 Å². The summed E-state index contributed by atoms with van der Waals surface area (Å²) in [5.74, 6) is 1.65. The van der Waals surface area contributed by atoms with E-state index in [0.717, 1.165) is 40.5 Å². The van der Waals surface area contributed by atoms with E-state index in [9.17, 15) is 0 Å². The van der Waals surface area contributed by atoms with Gasteiger partial charge in [-0.2, -0.15) is 5.10 Å². The summed E-state index contributed by atoms with van der Waals surface area (Å²) in [6, 6.07) is 13.9. The highest BCUT2D eigenvalue weighted by atomic mass is 16.5. The summed E-state index contributed by atoms with van der Waals surface area (Å²) >= 11 is 0. The quantitative estimate of drug-likeness (QED) is 0.388. The summed E-state index contributed by atoms with van der Waals surface area (Å²) in [5, 5.41) is 4.48. The number of rotatable bonds is 9. The predicted octanol–water partition coefficient (Wildman–Crippen LogP) is 5.10. The van der Waals surface area contributed by atoms with E-state index in [-0.39, 0.29) is 0 Å². The lowest BCUT2D eigenvalue weighted by Gasteiger charge is -2.10. The van der Waals surface area contributed by atoms with Gasteiger partial charge < -0.3 is 9.47 Å². The van der Waals surface area contributed by atoms with Gasteiger partial charge in [-0.3, -0.25) is 10.4 Å². The molecule has 0 aliphatic heterocycles. The topological polar surface area (TPSA) is 68.6 Å². The van der Waals surface area contributed by atoms with E-state index in [1.807, 2.05) is 50.2 Å². The van der Waals surface area contributed by atoms with Crippen LogP contribution in [0.3, 0.4) is 0 Å². The van der Waals surface area contributed by atoms with Crippen molar-refractivity contribution in [3.05, 3.63) is 78.3 Å². The molecule has 0 aliphatic rings. The maximum Gasteiger partial charge on any atom is 0.119 e. The fourth-order valence-corrected chi connectivity index (χ4v) is 3.00. The molecule has 0 radical (unpaired) electrons. The van der Waals surface area contributed by atoms with Crippen molar-refractivity contribution >= 4 is 11.4 Å². The molecule has 0 saturated carbocycles. The molecule has 0 amide bonds. The summed E-state index contributed by atoms with van der Waals surface area (Å²) in [4.78, 5) is 8.98. The summed E-state index contributed by atoms with van der Waals surface area (Å²) in [6.07, 6.45) is 4.31. The lowest BCUT2D eigenvalue weighted by atomic mass is 10.1. The van der Waals surface area contributed by atoms with Crippen LogP contribution in [0.4, 0.5) is 0 Å². The van der Waals surface area contributed by atoms with Crippen molar-refractivity contribution in [1.82, 2.24) is 15.4 Å². The molecule has 31 heavy (non-hydrogen) atoms. The number of aryl methyl sites for hydroxylation is 1. The third kappa shape index (κ3) is 5.69. The van der Waals surface area contributed by atoms with Gasteiger partial charge in [0.05, 0.1) is 43.2 Å². The first-order valence-corrected chi connectivity index (χ1v) is 10.3. The Morgan fingerprint density at radius 1 is 1.06 bits per heavy atom. The number of benzene rings is 2.